The third-order valence-corrected chi connectivity index (χ3v) is 5.19. The smallest absolute Gasteiger partial charge is 0.166 e. The minimum atomic E-state index is 0.109. The monoisotopic (exact) mass is 303 g/mol. The Morgan fingerprint density at radius 2 is 1.91 bits per heavy atom. The average molecular weight is 303 g/mol. The molecule has 0 radical (unpaired) electrons. The van der Waals surface area contributed by atoms with Crippen LogP contribution in [0.5, 0.6) is 11.5 Å². The van der Waals surface area contributed by atoms with Crippen LogP contribution in [-0.4, -0.2) is 44.5 Å². The molecule has 4 heteroatoms. The summed E-state index contributed by atoms with van der Waals surface area (Å²) in [7, 11) is 5.43. The number of ketones is 1. The first-order valence-corrected chi connectivity index (χ1v) is 8.13. The van der Waals surface area contributed by atoms with E-state index in [1.807, 2.05) is 12.1 Å². The standard InChI is InChI=1S/C18H25NO3/c1-19-7-5-4-6-14(19)9-13-8-12-10-16(21-2)17(22-3)11-15(12)18(13)20/h10-11,13-14H,4-9H2,1-3H3. The van der Waals surface area contributed by atoms with Crippen molar-refractivity contribution in [1.82, 2.24) is 4.90 Å². The molecule has 1 aromatic carbocycles. The van der Waals surface area contributed by atoms with Crippen LogP contribution in [0, 0.1) is 5.92 Å². The molecule has 0 N–H and O–H groups in total. The van der Waals surface area contributed by atoms with Crippen LogP contribution in [0.1, 0.15) is 41.6 Å². The Kier molecular flexibility index (Phi) is 4.39. The van der Waals surface area contributed by atoms with E-state index in [9.17, 15) is 4.79 Å². The van der Waals surface area contributed by atoms with Crippen LogP contribution < -0.4 is 9.47 Å². The molecule has 1 aliphatic carbocycles. The highest BCUT2D eigenvalue weighted by Gasteiger charge is 2.34. The van der Waals surface area contributed by atoms with Crippen LogP contribution in [0.15, 0.2) is 12.1 Å². The summed E-state index contributed by atoms with van der Waals surface area (Å²) in [5, 5.41) is 0. The predicted molar refractivity (Wildman–Crippen MR) is 86.0 cm³/mol. The van der Waals surface area contributed by atoms with Crippen molar-refractivity contribution in [3.63, 3.8) is 0 Å². The molecule has 3 rings (SSSR count). The number of likely N-dealkylation sites (tertiary alicyclic amines) is 1. The Labute approximate surface area is 132 Å². The van der Waals surface area contributed by atoms with Crippen molar-refractivity contribution in [2.45, 2.75) is 38.1 Å². The van der Waals surface area contributed by atoms with Gasteiger partial charge in [0.25, 0.3) is 0 Å². The quantitative estimate of drug-likeness (QED) is 0.857. The number of rotatable bonds is 4. The summed E-state index contributed by atoms with van der Waals surface area (Å²) >= 11 is 0. The van der Waals surface area contributed by atoms with E-state index in [1.54, 1.807) is 14.2 Å². The highest BCUT2D eigenvalue weighted by Crippen LogP contribution is 2.38. The number of ether oxygens (including phenoxy) is 2. The van der Waals surface area contributed by atoms with Gasteiger partial charge in [-0.15, -0.1) is 0 Å². The number of piperidine rings is 1. The van der Waals surface area contributed by atoms with Gasteiger partial charge in [-0.3, -0.25) is 4.79 Å². The Morgan fingerprint density at radius 1 is 1.18 bits per heavy atom. The molecular weight excluding hydrogens is 278 g/mol. The number of fused-ring (bicyclic) bond motifs is 1. The second-order valence-corrected chi connectivity index (χ2v) is 6.50. The van der Waals surface area contributed by atoms with Gasteiger partial charge in [0.1, 0.15) is 0 Å². The van der Waals surface area contributed by atoms with E-state index < -0.39 is 0 Å². The molecule has 2 atom stereocenters. The number of Topliss-reactive ketones (excluding diaryl/α,β-unsaturated/α-hetero) is 1. The number of benzene rings is 1. The molecule has 2 aliphatic rings. The van der Waals surface area contributed by atoms with Gasteiger partial charge in [-0.2, -0.15) is 0 Å². The number of carbonyl (C=O) groups is 1. The van der Waals surface area contributed by atoms with E-state index in [2.05, 4.69) is 11.9 Å². The van der Waals surface area contributed by atoms with Crippen molar-refractivity contribution < 1.29 is 14.3 Å². The first kappa shape index (κ1) is 15.3. The lowest BCUT2D eigenvalue weighted by Gasteiger charge is -2.33. The summed E-state index contributed by atoms with van der Waals surface area (Å²) in [6.45, 7) is 1.15. The molecule has 1 aliphatic heterocycles. The van der Waals surface area contributed by atoms with Crippen molar-refractivity contribution in [2.75, 3.05) is 27.8 Å². The Hall–Kier alpha value is -1.55. The largest absolute Gasteiger partial charge is 0.493 e. The van der Waals surface area contributed by atoms with Crippen LogP contribution >= 0.6 is 0 Å². The van der Waals surface area contributed by atoms with Gasteiger partial charge in [0, 0.05) is 17.5 Å². The lowest BCUT2D eigenvalue weighted by Crippen LogP contribution is -2.38. The van der Waals surface area contributed by atoms with Gasteiger partial charge in [0.05, 0.1) is 14.2 Å². The molecular formula is C18H25NO3. The van der Waals surface area contributed by atoms with E-state index in [-0.39, 0.29) is 11.7 Å². The maximum Gasteiger partial charge on any atom is 0.166 e. The lowest BCUT2D eigenvalue weighted by molar-refractivity contribution is 0.0881. The third-order valence-electron chi connectivity index (χ3n) is 5.19. The van der Waals surface area contributed by atoms with Gasteiger partial charge in [0.15, 0.2) is 17.3 Å². The zero-order chi connectivity index (χ0) is 15.7. The van der Waals surface area contributed by atoms with Crippen LogP contribution in [0.3, 0.4) is 0 Å². The SMILES string of the molecule is COc1cc2c(cc1OC)C(=O)C(CC1CCCCN1C)C2. The molecule has 1 fully saturated rings. The van der Waals surface area contributed by atoms with Crippen LogP contribution in [0.25, 0.3) is 0 Å². The first-order valence-electron chi connectivity index (χ1n) is 8.13. The summed E-state index contributed by atoms with van der Waals surface area (Å²) < 4.78 is 10.7. The summed E-state index contributed by atoms with van der Waals surface area (Å²) in [4.78, 5) is 15.1. The molecule has 2 unspecified atom stereocenters. The molecule has 1 saturated heterocycles. The van der Waals surface area contributed by atoms with E-state index in [1.165, 1.54) is 19.3 Å². The predicted octanol–water partition coefficient (Wildman–Crippen LogP) is 2.93. The molecule has 0 aromatic heterocycles. The fourth-order valence-electron chi connectivity index (χ4n) is 3.86. The molecule has 1 aromatic rings. The van der Waals surface area contributed by atoms with E-state index in [4.69, 9.17) is 9.47 Å². The summed E-state index contributed by atoms with van der Waals surface area (Å²) in [5.74, 6) is 1.74. The summed E-state index contributed by atoms with van der Waals surface area (Å²) in [5.41, 5.74) is 1.92. The molecule has 1 heterocycles. The van der Waals surface area contributed by atoms with E-state index >= 15 is 0 Å². The highest BCUT2D eigenvalue weighted by atomic mass is 16.5. The second-order valence-electron chi connectivity index (χ2n) is 6.50. The van der Waals surface area contributed by atoms with Crippen LogP contribution in [-0.2, 0) is 6.42 Å². The number of carbonyl (C=O) groups excluding carboxylic acids is 1. The number of hydrogen-bond acceptors (Lipinski definition) is 4. The van der Waals surface area contributed by atoms with Crippen molar-refractivity contribution in [1.29, 1.82) is 0 Å². The van der Waals surface area contributed by atoms with Gasteiger partial charge in [-0.05, 0) is 57.0 Å². The van der Waals surface area contributed by atoms with E-state index in [0.717, 1.165) is 30.5 Å². The zero-order valence-electron chi connectivity index (χ0n) is 13.7. The van der Waals surface area contributed by atoms with Gasteiger partial charge in [-0.25, -0.2) is 0 Å². The third kappa shape index (κ3) is 2.72. The number of hydrogen-bond donors (Lipinski definition) is 0. The average Bonchev–Trinajstić information content (AvgIpc) is 2.84. The normalized spacial score (nSPS) is 25.1. The van der Waals surface area contributed by atoms with Crippen molar-refractivity contribution in [3.8, 4) is 11.5 Å². The summed E-state index contributed by atoms with van der Waals surface area (Å²) in [6.07, 6.45) is 5.57. The fraction of sp³-hybridized carbons (Fsp3) is 0.611. The van der Waals surface area contributed by atoms with Crippen molar-refractivity contribution in [3.05, 3.63) is 23.3 Å². The number of nitrogens with zero attached hydrogens (tertiary/aromatic N) is 1. The molecule has 0 bridgehead atoms. The molecule has 120 valence electrons. The van der Waals surface area contributed by atoms with Crippen molar-refractivity contribution >= 4 is 5.78 Å². The second kappa shape index (κ2) is 6.29. The highest BCUT2D eigenvalue weighted by molar-refractivity contribution is 6.02. The Bertz CT molecular complexity index is 570. The first-order chi connectivity index (χ1) is 10.6. The molecule has 22 heavy (non-hydrogen) atoms. The Balaban J connectivity index is 1.78. The minimum absolute atomic E-state index is 0.109. The van der Waals surface area contributed by atoms with Crippen molar-refractivity contribution in [2.24, 2.45) is 5.92 Å². The van der Waals surface area contributed by atoms with Gasteiger partial charge in [-0.1, -0.05) is 6.42 Å². The minimum Gasteiger partial charge on any atom is -0.493 e. The Morgan fingerprint density at radius 3 is 2.59 bits per heavy atom. The summed E-state index contributed by atoms with van der Waals surface area (Å²) in [6, 6.07) is 4.36. The molecule has 0 amide bonds. The van der Waals surface area contributed by atoms with E-state index in [0.29, 0.717) is 17.5 Å². The molecule has 4 nitrogen and oxygen atoms in total. The molecule has 0 spiro atoms. The number of methoxy groups -OCH3 is 2. The maximum absolute atomic E-state index is 12.7. The topological polar surface area (TPSA) is 38.8 Å². The lowest BCUT2D eigenvalue weighted by atomic mass is 9.90. The maximum atomic E-state index is 12.7. The van der Waals surface area contributed by atoms with Crippen LogP contribution in [0.4, 0.5) is 0 Å². The van der Waals surface area contributed by atoms with Gasteiger partial charge in [0.2, 0.25) is 0 Å². The van der Waals surface area contributed by atoms with Gasteiger partial charge < -0.3 is 14.4 Å². The van der Waals surface area contributed by atoms with Gasteiger partial charge >= 0.3 is 0 Å². The fourth-order valence-corrected chi connectivity index (χ4v) is 3.86. The molecule has 0 saturated carbocycles. The van der Waals surface area contributed by atoms with Crippen LogP contribution in [0.2, 0.25) is 0 Å². The zero-order valence-corrected chi connectivity index (χ0v) is 13.7.